The zero-order chi connectivity index (χ0) is 20.5. The maximum Gasteiger partial charge on any atom is 0.339 e. The van der Waals surface area contributed by atoms with E-state index in [2.05, 4.69) is 17.1 Å². The Morgan fingerprint density at radius 1 is 1.21 bits per heavy atom. The molecule has 7 nitrogen and oxygen atoms in total. The number of anilines is 1. The van der Waals surface area contributed by atoms with Gasteiger partial charge in [-0.3, -0.25) is 14.7 Å². The first kappa shape index (κ1) is 18.9. The van der Waals surface area contributed by atoms with Crippen molar-refractivity contribution < 1.29 is 19.8 Å². The average molecular weight is 391 g/mol. The summed E-state index contributed by atoms with van der Waals surface area (Å²) in [6.07, 6.45) is 0.774. The number of phenols is 1. The molecule has 0 bridgehead atoms. The zero-order valence-electron chi connectivity index (χ0n) is 16.0. The van der Waals surface area contributed by atoms with Gasteiger partial charge in [-0.2, -0.15) is 0 Å². The van der Waals surface area contributed by atoms with Gasteiger partial charge < -0.3 is 15.5 Å². The minimum absolute atomic E-state index is 0.262. The smallest absolute Gasteiger partial charge is 0.339 e. The van der Waals surface area contributed by atoms with E-state index in [1.54, 1.807) is 0 Å². The van der Waals surface area contributed by atoms with Gasteiger partial charge in [-0.25, -0.2) is 4.79 Å². The molecule has 1 amide bonds. The van der Waals surface area contributed by atoms with E-state index in [1.807, 2.05) is 24.3 Å². The third-order valence-corrected chi connectivity index (χ3v) is 5.28. The van der Waals surface area contributed by atoms with Crippen molar-refractivity contribution in [1.29, 1.82) is 0 Å². The van der Waals surface area contributed by atoms with Gasteiger partial charge in [0.1, 0.15) is 11.3 Å². The summed E-state index contributed by atoms with van der Waals surface area (Å²) < 4.78 is 0. The van der Waals surface area contributed by atoms with Crippen LogP contribution in [0.25, 0.3) is 10.9 Å². The number of carbonyl (C=O) groups is 2. The van der Waals surface area contributed by atoms with E-state index in [0.717, 1.165) is 41.7 Å². The standard InChI is InChI=1S/C22H21N3O4/c1-2-25-10-9-18-16(12-25)20(14-5-3-4-6-17(14)24-18)21(27)23-13-7-8-19(26)15(11-13)22(28)29/h3-8,11,26H,2,9-10,12H2,1H3,(H,23,27)(H,28,29). The first-order valence-electron chi connectivity index (χ1n) is 9.48. The average Bonchev–Trinajstić information content (AvgIpc) is 2.72. The molecular weight excluding hydrogens is 370 g/mol. The molecular formula is C22H21N3O4. The SMILES string of the molecule is CCN1CCc2nc3ccccc3c(C(=O)Nc3ccc(O)c(C(=O)O)c3)c2C1. The third kappa shape index (κ3) is 3.52. The van der Waals surface area contributed by atoms with Crippen molar-refractivity contribution in [2.24, 2.45) is 0 Å². The molecule has 1 aromatic heterocycles. The molecule has 1 aliphatic heterocycles. The Morgan fingerprint density at radius 3 is 2.76 bits per heavy atom. The Labute approximate surface area is 167 Å². The number of aromatic nitrogens is 1. The summed E-state index contributed by atoms with van der Waals surface area (Å²) >= 11 is 0. The van der Waals surface area contributed by atoms with Crippen LogP contribution in [0, 0.1) is 0 Å². The predicted molar refractivity (Wildman–Crippen MR) is 109 cm³/mol. The zero-order valence-corrected chi connectivity index (χ0v) is 16.0. The van der Waals surface area contributed by atoms with Gasteiger partial charge >= 0.3 is 5.97 Å². The molecule has 0 atom stereocenters. The van der Waals surface area contributed by atoms with E-state index in [0.29, 0.717) is 17.8 Å². The lowest BCUT2D eigenvalue weighted by atomic mass is 9.95. The molecule has 0 aliphatic carbocycles. The topological polar surface area (TPSA) is 103 Å². The van der Waals surface area contributed by atoms with Gasteiger partial charge in [-0.1, -0.05) is 25.1 Å². The fourth-order valence-electron chi connectivity index (χ4n) is 3.75. The molecule has 3 aromatic rings. The second-order valence-corrected chi connectivity index (χ2v) is 7.04. The Hall–Kier alpha value is -3.45. The van der Waals surface area contributed by atoms with E-state index in [1.165, 1.54) is 18.2 Å². The van der Waals surface area contributed by atoms with Gasteiger partial charge in [0, 0.05) is 41.8 Å². The number of nitrogens with zero attached hydrogens (tertiary/aromatic N) is 2. The predicted octanol–water partition coefficient (Wildman–Crippen LogP) is 3.27. The van der Waals surface area contributed by atoms with Crippen LogP contribution in [0.1, 0.15) is 38.9 Å². The molecule has 2 aromatic carbocycles. The molecule has 0 spiro atoms. The molecule has 0 radical (unpaired) electrons. The molecule has 4 rings (SSSR count). The number of para-hydroxylation sites is 1. The number of carboxylic acid groups (broad SMARTS) is 1. The number of hydrogen-bond acceptors (Lipinski definition) is 5. The van der Waals surface area contributed by atoms with Gasteiger partial charge in [0.25, 0.3) is 5.91 Å². The van der Waals surface area contributed by atoms with Crippen molar-refractivity contribution >= 4 is 28.5 Å². The van der Waals surface area contributed by atoms with Crippen LogP contribution in [0.5, 0.6) is 5.75 Å². The van der Waals surface area contributed by atoms with Crippen molar-refractivity contribution in [1.82, 2.24) is 9.88 Å². The number of aromatic hydroxyl groups is 1. The highest BCUT2D eigenvalue weighted by molar-refractivity contribution is 6.14. The lowest BCUT2D eigenvalue weighted by Crippen LogP contribution is -2.33. The van der Waals surface area contributed by atoms with Crippen LogP contribution < -0.4 is 5.32 Å². The molecule has 0 saturated heterocycles. The second-order valence-electron chi connectivity index (χ2n) is 7.04. The van der Waals surface area contributed by atoms with E-state index in [9.17, 15) is 19.8 Å². The highest BCUT2D eigenvalue weighted by Gasteiger charge is 2.25. The van der Waals surface area contributed by atoms with Crippen molar-refractivity contribution in [3.05, 3.63) is 64.8 Å². The Kier molecular flexibility index (Phi) is 4.90. The number of fused-ring (bicyclic) bond motifs is 2. The number of carbonyl (C=O) groups excluding carboxylic acids is 1. The molecule has 0 unspecified atom stereocenters. The number of likely N-dealkylation sites (N-methyl/N-ethyl adjacent to an activating group) is 1. The van der Waals surface area contributed by atoms with Crippen LogP contribution in [0.4, 0.5) is 5.69 Å². The Bertz CT molecular complexity index is 1130. The van der Waals surface area contributed by atoms with Crippen molar-refractivity contribution in [3.63, 3.8) is 0 Å². The van der Waals surface area contributed by atoms with E-state index < -0.39 is 5.97 Å². The van der Waals surface area contributed by atoms with Crippen molar-refractivity contribution in [2.75, 3.05) is 18.4 Å². The Morgan fingerprint density at radius 2 is 2.00 bits per heavy atom. The van der Waals surface area contributed by atoms with Crippen molar-refractivity contribution in [3.8, 4) is 5.75 Å². The Balaban J connectivity index is 1.79. The summed E-state index contributed by atoms with van der Waals surface area (Å²) in [5, 5.41) is 22.5. The summed E-state index contributed by atoms with van der Waals surface area (Å²) in [4.78, 5) is 31.6. The number of amides is 1. The number of pyridine rings is 1. The van der Waals surface area contributed by atoms with Crippen LogP contribution >= 0.6 is 0 Å². The number of nitrogens with one attached hydrogen (secondary N) is 1. The van der Waals surface area contributed by atoms with Gasteiger partial charge in [-0.15, -0.1) is 0 Å². The van der Waals surface area contributed by atoms with Gasteiger partial charge in [0.15, 0.2) is 0 Å². The molecule has 0 saturated carbocycles. The molecule has 2 heterocycles. The molecule has 148 valence electrons. The van der Waals surface area contributed by atoms with Crippen LogP contribution in [0.15, 0.2) is 42.5 Å². The first-order valence-corrected chi connectivity index (χ1v) is 9.48. The van der Waals surface area contributed by atoms with Gasteiger partial charge in [0.05, 0.1) is 11.1 Å². The lowest BCUT2D eigenvalue weighted by molar-refractivity contribution is 0.0693. The number of aromatic carboxylic acids is 1. The van der Waals surface area contributed by atoms with Crippen molar-refractivity contribution in [2.45, 2.75) is 19.9 Å². The first-order chi connectivity index (χ1) is 14.0. The quantitative estimate of drug-likeness (QED) is 0.590. The normalized spacial score (nSPS) is 13.8. The minimum atomic E-state index is -1.26. The van der Waals surface area contributed by atoms with Crippen LogP contribution in [-0.2, 0) is 13.0 Å². The summed E-state index contributed by atoms with van der Waals surface area (Å²) in [7, 11) is 0. The van der Waals surface area contributed by atoms with E-state index in [4.69, 9.17) is 4.98 Å². The van der Waals surface area contributed by atoms with Gasteiger partial charge in [0.2, 0.25) is 0 Å². The third-order valence-electron chi connectivity index (χ3n) is 5.28. The highest BCUT2D eigenvalue weighted by atomic mass is 16.4. The molecule has 1 aliphatic rings. The minimum Gasteiger partial charge on any atom is -0.507 e. The maximum atomic E-state index is 13.3. The van der Waals surface area contributed by atoms with Crippen LogP contribution in [0.3, 0.4) is 0 Å². The van der Waals surface area contributed by atoms with E-state index in [-0.39, 0.29) is 17.2 Å². The highest BCUT2D eigenvalue weighted by Crippen LogP contribution is 2.29. The van der Waals surface area contributed by atoms with Crippen LogP contribution in [-0.4, -0.2) is 45.1 Å². The monoisotopic (exact) mass is 391 g/mol. The summed E-state index contributed by atoms with van der Waals surface area (Å²) in [5.74, 6) is -1.93. The number of rotatable bonds is 4. The molecule has 3 N–H and O–H groups in total. The summed E-state index contributed by atoms with van der Waals surface area (Å²) in [5.41, 5.74) is 3.21. The molecule has 7 heteroatoms. The summed E-state index contributed by atoms with van der Waals surface area (Å²) in [6.45, 7) is 4.51. The number of carboxylic acids is 1. The van der Waals surface area contributed by atoms with E-state index >= 15 is 0 Å². The molecule has 29 heavy (non-hydrogen) atoms. The number of benzene rings is 2. The lowest BCUT2D eigenvalue weighted by Gasteiger charge is -2.29. The fourth-order valence-corrected chi connectivity index (χ4v) is 3.75. The maximum absolute atomic E-state index is 13.3. The van der Waals surface area contributed by atoms with Gasteiger partial charge in [-0.05, 0) is 30.8 Å². The molecule has 0 fully saturated rings. The summed E-state index contributed by atoms with van der Waals surface area (Å²) in [6, 6.07) is 11.5. The second kappa shape index (κ2) is 7.52. The fraction of sp³-hybridized carbons (Fsp3) is 0.227. The number of hydrogen-bond donors (Lipinski definition) is 3. The van der Waals surface area contributed by atoms with Crippen LogP contribution in [0.2, 0.25) is 0 Å². The largest absolute Gasteiger partial charge is 0.507 e.